The summed E-state index contributed by atoms with van der Waals surface area (Å²) in [4.78, 5) is 16.4. The average Bonchev–Trinajstić information content (AvgIpc) is 3.30. The molecule has 1 atom stereocenters. The zero-order valence-electron chi connectivity index (χ0n) is 25.5. The van der Waals surface area contributed by atoms with Gasteiger partial charge in [0.2, 0.25) is 10.0 Å². The van der Waals surface area contributed by atoms with Gasteiger partial charge in [0.05, 0.1) is 25.9 Å². The molecule has 3 heterocycles. The predicted octanol–water partition coefficient (Wildman–Crippen LogP) is 6.18. The molecule has 1 amide bonds. The van der Waals surface area contributed by atoms with Crippen molar-refractivity contribution in [3.8, 4) is 22.0 Å². The van der Waals surface area contributed by atoms with E-state index in [-0.39, 0.29) is 43.6 Å². The zero-order chi connectivity index (χ0) is 33.8. The number of hydrogen-bond acceptors (Lipinski definition) is 10. The zero-order valence-corrected chi connectivity index (χ0v) is 28.7. The van der Waals surface area contributed by atoms with Crippen molar-refractivity contribution in [1.82, 2.24) is 29.6 Å². The second kappa shape index (κ2) is 12.1. The van der Waals surface area contributed by atoms with Crippen molar-refractivity contribution in [2.75, 3.05) is 12.3 Å². The maximum Gasteiger partial charge on any atom is 0.407 e. The molecule has 3 aromatic heterocycles. The van der Waals surface area contributed by atoms with E-state index in [4.69, 9.17) is 21.1 Å². The summed E-state index contributed by atoms with van der Waals surface area (Å²) in [5, 5.41) is 9.33. The molecule has 1 unspecified atom stereocenters. The summed E-state index contributed by atoms with van der Waals surface area (Å²) in [6.07, 6.45) is -0.892. The number of sulfonamides is 1. The van der Waals surface area contributed by atoms with E-state index in [1.54, 1.807) is 46.8 Å². The van der Waals surface area contributed by atoms with Crippen LogP contribution in [0.5, 0.6) is 0 Å². The molecule has 1 saturated carbocycles. The lowest BCUT2D eigenvalue weighted by Crippen LogP contribution is -2.34. The van der Waals surface area contributed by atoms with Crippen LogP contribution in [0.2, 0.25) is 5.15 Å². The van der Waals surface area contributed by atoms with Gasteiger partial charge in [-0.25, -0.2) is 40.7 Å². The van der Waals surface area contributed by atoms with Gasteiger partial charge < -0.3 is 10.1 Å². The highest BCUT2D eigenvalue weighted by Crippen LogP contribution is 2.40. The van der Waals surface area contributed by atoms with Gasteiger partial charge in [-0.1, -0.05) is 29.0 Å². The number of fused-ring (bicyclic) bond motifs is 1. The van der Waals surface area contributed by atoms with Crippen LogP contribution in [0.25, 0.3) is 27.5 Å². The molecule has 12 nitrogen and oxygen atoms in total. The molecule has 248 valence electrons. The number of aromatic nitrogens is 4. The van der Waals surface area contributed by atoms with Gasteiger partial charge in [-0.3, -0.25) is 4.40 Å². The summed E-state index contributed by atoms with van der Waals surface area (Å²) in [6, 6.07) is 6.10. The smallest absolute Gasteiger partial charge is 0.407 e. The quantitative estimate of drug-likeness (QED) is 0.175. The Morgan fingerprint density at radius 3 is 2.46 bits per heavy atom. The van der Waals surface area contributed by atoms with Crippen molar-refractivity contribution in [3.05, 3.63) is 46.2 Å². The van der Waals surface area contributed by atoms with Crippen LogP contribution in [0, 0.1) is 11.7 Å². The number of nitrogens with zero attached hydrogens (tertiary/aromatic N) is 4. The first-order chi connectivity index (χ1) is 21.3. The van der Waals surface area contributed by atoms with Crippen LogP contribution in [-0.4, -0.2) is 61.7 Å². The summed E-state index contributed by atoms with van der Waals surface area (Å²) >= 11 is 7.21. The minimum absolute atomic E-state index is 0.0146. The maximum atomic E-state index is 13.6. The molecule has 0 bridgehead atoms. The van der Waals surface area contributed by atoms with Crippen LogP contribution in [0.1, 0.15) is 57.5 Å². The summed E-state index contributed by atoms with van der Waals surface area (Å²) < 4.78 is 84.9. The number of imidazole rings is 1. The number of benzene rings is 1. The van der Waals surface area contributed by atoms with Crippen LogP contribution in [-0.2, 0) is 24.5 Å². The largest absolute Gasteiger partial charge is 0.444 e. The number of rotatable bonds is 10. The highest BCUT2D eigenvalue weighted by Gasteiger charge is 2.41. The number of aryl methyl sites for hydroxylation is 1. The van der Waals surface area contributed by atoms with Gasteiger partial charge in [0.15, 0.2) is 21.0 Å². The van der Waals surface area contributed by atoms with E-state index < -0.39 is 48.4 Å². The number of carbonyl (C=O) groups is 1. The lowest BCUT2D eigenvalue weighted by Gasteiger charge is -2.20. The fraction of sp³-hybridized carbons (Fsp3) is 0.429. The fourth-order valence-corrected chi connectivity index (χ4v) is 8.34. The van der Waals surface area contributed by atoms with Crippen molar-refractivity contribution >= 4 is 54.3 Å². The summed E-state index contributed by atoms with van der Waals surface area (Å²) in [5.41, 5.74) is 0.386. The van der Waals surface area contributed by atoms with Crippen molar-refractivity contribution in [3.63, 3.8) is 0 Å². The Labute approximate surface area is 274 Å². The number of halogens is 3. The first-order valence-electron chi connectivity index (χ1n) is 14.0. The minimum Gasteiger partial charge on any atom is -0.444 e. The molecule has 0 spiro atoms. The molecule has 0 aliphatic heterocycles. The standard InChI is InChI=1S/C28H32ClF2N7O5S3/c1-15-12-16(45(32,40)11-10-33-26(39)43-27(2,3)4)6-7-18(15)19-13-17(46(41,42)37-28(5)8-9-28)14-38-20(19)21(29)34-23(38)25-36-35-24(44-25)22(30)31/h6-7,12-14,22,32,37H,8-11H2,1-5H3,(H,33,39). The fourth-order valence-electron chi connectivity index (χ4n) is 4.61. The average molecular weight is 716 g/mol. The normalized spacial score (nSPS) is 16.0. The van der Waals surface area contributed by atoms with E-state index in [0.717, 1.165) is 0 Å². The molecule has 46 heavy (non-hydrogen) atoms. The Kier molecular flexibility index (Phi) is 8.96. The first kappa shape index (κ1) is 34.1. The van der Waals surface area contributed by atoms with Crippen LogP contribution in [0.15, 0.2) is 40.3 Å². The number of ether oxygens (including phenoxy) is 1. The number of pyridine rings is 1. The van der Waals surface area contributed by atoms with Gasteiger partial charge in [0.1, 0.15) is 5.60 Å². The molecule has 0 saturated heterocycles. The summed E-state index contributed by atoms with van der Waals surface area (Å²) in [6.45, 7) is 8.58. The number of hydrogen-bond donors (Lipinski definition) is 3. The lowest BCUT2D eigenvalue weighted by molar-refractivity contribution is 0.0531. The van der Waals surface area contributed by atoms with Crippen molar-refractivity contribution in [2.24, 2.45) is 0 Å². The Morgan fingerprint density at radius 1 is 1.17 bits per heavy atom. The third-order valence-electron chi connectivity index (χ3n) is 7.10. The van der Waals surface area contributed by atoms with Crippen molar-refractivity contribution in [1.29, 1.82) is 4.78 Å². The monoisotopic (exact) mass is 715 g/mol. The van der Waals surface area contributed by atoms with Gasteiger partial charge in [-0.2, -0.15) is 0 Å². The van der Waals surface area contributed by atoms with Gasteiger partial charge in [-0.15, -0.1) is 10.2 Å². The van der Waals surface area contributed by atoms with E-state index in [1.165, 1.54) is 22.7 Å². The second-order valence-corrected chi connectivity index (χ2v) is 17.5. The van der Waals surface area contributed by atoms with E-state index in [0.29, 0.717) is 40.9 Å². The topological polar surface area (TPSA) is 168 Å². The van der Waals surface area contributed by atoms with E-state index in [2.05, 4.69) is 25.2 Å². The molecule has 18 heteroatoms. The van der Waals surface area contributed by atoms with Crippen LogP contribution < -0.4 is 10.0 Å². The molecule has 3 N–H and O–H groups in total. The van der Waals surface area contributed by atoms with Crippen LogP contribution in [0.3, 0.4) is 0 Å². The number of carbonyl (C=O) groups excluding carboxylic acids is 1. The molecule has 1 fully saturated rings. The molecule has 1 aromatic carbocycles. The molecular formula is C28H32ClF2N7O5S3. The Bertz CT molecular complexity index is 2050. The minimum atomic E-state index is -4.06. The van der Waals surface area contributed by atoms with E-state index >= 15 is 0 Å². The van der Waals surface area contributed by atoms with Crippen LogP contribution in [0.4, 0.5) is 13.6 Å². The maximum absolute atomic E-state index is 13.6. The van der Waals surface area contributed by atoms with Gasteiger partial charge in [0.25, 0.3) is 6.43 Å². The Hall–Kier alpha value is -3.25. The molecule has 5 rings (SSSR count). The summed E-state index contributed by atoms with van der Waals surface area (Å²) in [5.74, 6) is -0.144. The van der Waals surface area contributed by atoms with E-state index in [9.17, 15) is 26.2 Å². The molecule has 1 aliphatic carbocycles. The molecular weight excluding hydrogens is 684 g/mol. The van der Waals surface area contributed by atoms with Gasteiger partial charge in [-0.05, 0) is 76.8 Å². The van der Waals surface area contributed by atoms with E-state index in [1.807, 2.05) is 0 Å². The Morgan fingerprint density at radius 2 is 1.87 bits per heavy atom. The third kappa shape index (κ3) is 7.33. The summed E-state index contributed by atoms with van der Waals surface area (Å²) in [7, 11) is -7.41. The third-order valence-corrected chi connectivity index (χ3v) is 11.7. The molecule has 4 aromatic rings. The van der Waals surface area contributed by atoms with Crippen LogP contribution >= 0.6 is 22.9 Å². The highest BCUT2D eigenvalue weighted by molar-refractivity contribution is 7.92. The number of nitrogens with one attached hydrogen (secondary N) is 3. The number of alkyl carbamates (subject to hydrolysis) is 1. The number of alkyl halides is 2. The lowest BCUT2D eigenvalue weighted by atomic mass is 10.0. The molecule has 1 aliphatic rings. The Balaban J connectivity index is 1.57. The first-order valence-corrected chi connectivity index (χ1v) is 18.4. The van der Waals surface area contributed by atoms with Crippen molar-refractivity contribution in [2.45, 2.75) is 74.8 Å². The number of amides is 1. The predicted molar refractivity (Wildman–Crippen MR) is 170 cm³/mol. The molecule has 0 radical (unpaired) electrons. The second-order valence-electron chi connectivity index (χ2n) is 12.2. The SMILES string of the molecule is Cc1cc(S(=N)(=O)CCNC(=O)OC(C)(C)C)ccc1-c1cc(S(=O)(=O)NC2(C)CC2)cn2c(-c3nnc(C(F)F)s3)nc(Cl)c12. The van der Waals surface area contributed by atoms with Crippen molar-refractivity contribution < 1.29 is 30.9 Å². The van der Waals surface area contributed by atoms with Gasteiger partial charge in [0, 0.05) is 28.7 Å². The highest BCUT2D eigenvalue weighted by atomic mass is 35.5. The van der Waals surface area contributed by atoms with Gasteiger partial charge >= 0.3 is 6.09 Å².